The van der Waals surface area contributed by atoms with E-state index in [1.807, 2.05) is 19.1 Å². The molecule has 20 heavy (non-hydrogen) atoms. The van der Waals surface area contributed by atoms with Gasteiger partial charge in [-0.15, -0.1) is 0 Å². The van der Waals surface area contributed by atoms with Gasteiger partial charge in [-0.05, 0) is 25.5 Å². The number of amides is 1. The van der Waals surface area contributed by atoms with E-state index >= 15 is 0 Å². The van der Waals surface area contributed by atoms with Crippen LogP contribution in [0.4, 0.5) is 0 Å². The zero-order valence-electron chi connectivity index (χ0n) is 11.6. The Balaban J connectivity index is 1.50. The van der Waals surface area contributed by atoms with E-state index in [9.17, 15) is 4.79 Å². The molecule has 3 rings (SSSR count). The number of imidazole rings is 1. The highest BCUT2D eigenvalue weighted by atomic mass is 16.3. The predicted molar refractivity (Wildman–Crippen MR) is 74.2 cm³/mol. The molecule has 0 bridgehead atoms. The lowest BCUT2D eigenvalue weighted by atomic mass is 10.1. The molecule has 0 radical (unpaired) electrons. The third-order valence-electron chi connectivity index (χ3n) is 3.66. The molecule has 0 spiro atoms. The normalized spacial score (nSPS) is 17.8. The molecular formula is C15H19N3O2. The van der Waals surface area contributed by atoms with E-state index in [0.29, 0.717) is 12.8 Å². The van der Waals surface area contributed by atoms with Crippen molar-refractivity contribution in [1.82, 2.24) is 14.9 Å². The van der Waals surface area contributed by atoms with Crippen LogP contribution in [0.15, 0.2) is 29.0 Å². The Morgan fingerprint density at radius 1 is 1.60 bits per heavy atom. The Labute approximate surface area is 118 Å². The predicted octanol–water partition coefficient (Wildman–Crippen LogP) is 1.85. The first-order valence-corrected chi connectivity index (χ1v) is 7.05. The number of furan rings is 1. The van der Waals surface area contributed by atoms with Gasteiger partial charge < -0.3 is 14.3 Å². The fraction of sp³-hybridized carbons (Fsp3) is 0.467. The first-order valence-electron chi connectivity index (χ1n) is 7.05. The minimum atomic E-state index is 0.0895. The summed E-state index contributed by atoms with van der Waals surface area (Å²) in [6.45, 7) is 2.82. The summed E-state index contributed by atoms with van der Waals surface area (Å²) in [4.78, 5) is 16.4. The van der Waals surface area contributed by atoms with Gasteiger partial charge in [-0.3, -0.25) is 4.79 Å². The summed E-state index contributed by atoms with van der Waals surface area (Å²) in [6.07, 6.45) is 6.70. The van der Waals surface area contributed by atoms with Crippen molar-refractivity contribution in [2.45, 2.75) is 45.2 Å². The van der Waals surface area contributed by atoms with Crippen LogP contribution >= 0.6 is 0 Å². The van der Waals surface area contributed by atoms with Gasteiger partial charge in [0.1, 0.15) is 11.6 Å². The van der Waals surface area contributed by atoms with Crippen molar-refractivity contribution in [2.24, 2.45) is 0 Å². The Kier molecular flexibility index (Phi) is 3.58. The molecular weight excluding hydrogens is 254 g/mol. The largest absolute Gasteiger partial charge is 0.469 e. The lowest BCUT2D eigenvalue weighted by Crippen LogP contribution is -2.40. The zero-order valence-corrected chi connectivity index (χ0v) is 11.6. The lowest BCUT2D eigenvalue weighted by molar-refractivity contribution is -0.122. The maximum atomic E-state index is 11.9. The molecule has 0 saturated carbocycles. The molecule has 5 heteroatoms. The number of aryl methyl sites for hydroxylation is 3. The van der Waals surface area contributed by atoms with Crippen LogP contribution in [0.2, 0.25) is 0 Å². The van der Waals surface area contributed by atoms with E-state index in [4.69, 9.17) is 4.42 Å². The second-order valence-electron chi connectivity index (χ2n) is 5.33. The van der Waals surface area contributed by atoms with Crippen LogP contribution in [-0.2, 0) is 24.2 Å². The molecule has 2 aromatic heterocycles. The zero-order chi connectivity index (χ0) is 13.9. The molecule has 2 aromatic rings. The number of aromatic nitrogens is 2. The Morgan fingerprint density at radius 3 is 3.30 bits per heavy atom. The molecule has 1 aliphatic rings. The summed E-state index contributed by atoms with van der Waals surface area (Å²) in [7, 11) is 0. The Bertz CT molecular complexity index is 586. The number of rotatable bonds is 4. The summed E-state index contributed by atoms with van der Waals surface area (Å²) < 4.78 is 7.38. The van der Waals surface area contributed by atoms with Gasteiger partial charge in [0, 0.05) is 38.0 Å². The molecule has 1 amide bonds. The second-order valence-corrected chi connectivity index (χ2v) is 5.33. The minimum Gasteiger partial charge on any atom is -0.469 e. The highest BCUT2D eigenvalue weighted by Crippen LogP contribution is 2.15. The molecule has 1 N–H and O–H groups in total. The van der Waals surface area contributed by atoms with Crippen LogP contribution in [0.3, 0.4) is 0 Å². The van der Waals surface area contributed by atoms with Crippen molar-refractivity contribution < 1.29 is 9.21 Å². The highest BCUT2D eigenvalue weighted by Gasteiger charge is 2.21. The average Bonchev–Trinajstić information content (AvgIpc) is 3.04. The topological polar surface area (TPSA) is 60.1 Å². The maximum Gasteiger partial charge on any atom is 0.220 e. The highest BCUT2D eigenvalue weighted by molar-refractivity contribution is 5.76. The van der Waals surface area contributed by atoms with Crippen LogP contribution in [0.25, 0.3) is 0 Å². The van der Waals surface area contributed by atoms with Crippen molar-refractivity contribution in [3.05, 3.63) is 41.9 Å². The number of carbonyl (C=O) groups is 1. The van der Waals surface area contributed by atoms with E-state index in [1.165, 1.54) is 0 Å². The molecule has 1 atom stereocenters. The molecule has 0 aliphatic carbocycles. The van der Waals surface area contributed by atoms with E-state index in [2.05, 4.69) is 21.1 Å². The lowest BCUT2D eigenvalue weighted by Gasteiger charge is -2.24. The van der Waals surface area contributed by atoms with Gasteiger partial charge in [0.05, 0.1) is 12.0 Å². The number of nitrogens with zero attached hydrogens (tertiary/aromatic N) is 2. The molecule has 5 nitrogen and oxygen atoms in total. The van der Waals surface area contributed by atoms with Gasteiger partial charge in [0.25, 0.3) is 0 Å². The molecule has 0 fully saturated rings. The monoisotopic (exact) mass is 273 g/mol. The number of carbonyl (C=O) groups excluding carboxylic acids is 1. The van der Waals surface area contributed by atoms with Crippen molar-refractivity contribution in [1.29, 1.82) is 0 Å². The molecule has 1 aliphatic heterocycles. The maximum absolute atomic E-state index is 11.9. The van der Waals surface area contributed by atoms with Gasteiger partial charge in [-0.2, -0.15) is 0 Å². The van der Waals surface area contributed by atoms with E-state index in [0.717, 1.165) is 36.7 Å². The molecule has 106 valence electrons. The number of fused-ring (bicyclic) bond motifs is 1. The van der Waals surface area contributed by atoms with E-state index in [1.54, 1.807) is 6.26 Å². The van der Waals surface area contributed by atoms with Crippen molar-refractivity contribution >= 4 is 5.91 Å². The Morgan fingerprint density at radius 2 is 2.50 bits per heavy atom. The summed E-state index contributed by atoms with van der Waals surface area (Å²) in [5.74, 6) is 2.08. The van der Waals surface area contributed by atoms with E-state index < -0.39 is 0 Å². The van der Waals surface area contributed by atoms with Crippen LogP contribution in [0.1, 0.15) is 30.1 Å². The van der Waals surface area contributed by atoms with Gasteiger partial charge in [0.15, 0.2) is 0 Å². The molecule has 3 heterocycles. The third kappa shape index (κ3) is 2.92. The Hall–Kier alpha value is -2.04. The summed E-state index contributed by atoms with van der Waals surface area (Å²) in [6, 6.07) is 3.95. The molecule has 0 aromatic carbocycles. The third-order valence-corrected chi connectivity index (χ3v) is 3.66. The van der Waals surface area contributed by atoms with Crippen LogP contribution in [0.5, 0.6) is 0 Å². The number of nitrogens with one attached hydrogen (secondary N) is 1. The number of hydrogen-bond acceptors (Lipinski definition) is 3. The smallest absolute Gasteiger partial charge is 0.220 e. The van der Waals surface area contributed by atoms with Crippen molar-refractivity contribution in [2.75, 3.05) is 0 Å². The first-order chi connectivity index (χ1) is 9.70. The van der Waals surface area contributed by atoms with Crippen LogP contribution < -0.4 is 5.32 Å². The second kappa shape index (κ2) is 5.53. The SMILES string of the molecule is Cc1cn2c(n1)CC[C@@H](NC(=O)CCc1ccco1)C2. The van der Waals surface area contributed by atoms with Gasteiger partial charge >= 0.3 is 0 Å². The quantitative estimate of drug-likeness (QED) is 0.924. The van der Waals surface area contributed by atoms with Gasteiger partial charge in [-0.25, -0.2) is 4.98 Å². The van der Waals surface area contributed by atoms with Gasteiger partial charge in [-0.1, -0.05) is 0 Å². The minimum absolute atomic E-state index is 0.0895. The van der Waals surface area contributed by atoms with Crippen LogP contribution in [-0.4, -0.2) is 21.5 Å². The van der Waals surface area contributed by atoms with Crippen molar-refractivity contribution in [3.63, 3.8) is 0 Å². The van der Waals surface area contributed by atoms with Crippen molar-refractivity contribution in [3.8, 4) is 0 Å². The average molecular weight is 273 g/mol. The summed E-state index contributed by atoms with van der Waals surface area (Å²) in [5.41, 5.74) is 1.05. The van der Waals surface area contributed by atoms with Crippen LogP contribution in [0, 0.1) is 6.92 Å². The van der Waals surface area contributed by atoms with E-state index in [-0.39, 0.29) is 11.9 Å². The molecule has 0 unspecified atom stereocenters. The molecule has 0 saturated heterocycles. The number of hydrogen-bond donors (Lipinski definition) is 1. The first kappa shape index (κ1) is 13.0. The summed E-state index contributed by atoms with van der Waals surface area (Å²) in [5, 5.41) is 3.10. The fourth-order valence-electron chi connectivity index (χ4n) is 2.70. The standard InChI is InChI=1S/C15H19N3O2/c1-11-9-18-10-12(4-6-14(18)16-11)17-15(19)7-5-13-3-2-8-20-13/h2-3,8-9,12H,4-7,10H2,1H3,(H,17,19)/t12-/m1/s1. The summed E-state index contributed by atoms with van der Waals surface area (Å²) >= 11 is 0. The fourth-order valence-corrected chi connectivity index (χ4v) is 2.70. The van der Waals surface area contributed by atoms with Gasteiger partial charge in [0.2, 0.25) is 5.91 Å².